The van der Waals surface area contributed by atoms with Gasteiger partial charge in [0, 0.05) is 58.2 Å². The van der Waals surface area contributed by atoms with E-state index in [1.165, 1.54) is 5.56 Å². The van der Waals surface area contributed by atoms with Crippen molar-refractivity contribution in [3.8, 4) is 0 Å². The smallest absolute Gasteiger partial charge is 0.227 e. The minimum Gasteiger partial charge on any atom is -0.355 e. The van der Waals surface area contributed by atoms with Gasteiger partial charge in [0.1, 0.15) is 5.82 Å². The highest BCUT2D eigenvalue weighted by Crippen LogP contribution is 2.23. The molecule has 4 rings (SSSR count). The van der Waals surface area contributed by atoms with Gasteiger partial charge in [0.2, 0.25) is 5.91 Å². The van der Waals surface area contributed by atoms with Crippen molar-refractivity contribution in [2.75, 3.05) is 50.7 Å². The van der Waals surface area contributed by atoms with Crippen LogP contribution in [0, 0.1) is 5.92 Å². The van der Waals surface area contributed by atoms with Crippen LogP contribution in [-0.4, -0.2) is 71.5 Å². The van der Waals surface area contributed by atoms with Gasteiger partial charge in [-0.2, -0.15) is 0 Å². The number of carbonyl (C=O) groups is 1. The van der Waals surface area contributed by atoms with Crippen LogP contribution in [0.2, 0.25) is 0 Å². The molecule has 2 aliphatic rings. The van der Waals surface area contributed by atoms with Crippen molar-refractivity contribution in [1.29, 1.82) is 0 Å². The highest BCUT2D eigenvalue weighted by Gasteiger charge is 2.31. The van der Waals surface area contributed by atoms with E-state index < -0.39 is 0 Å². The first kappa shape index (κ1) is 19.6. The molecule has 1 aromatic heterocycles. The molecule has 0 spiro atoms. The Balaban J connectivity index is 1.25. The summed E-state index contributed by atoms with van der Waals surface area (Å²) >= 11 is 0. The van der Waals surface area contributed by atoms with Crippen molar-refractivity contribution in [3.63, 3.8) is 0 Å². The lowest BCUT2D eigenvalue weighted by atomic mass is 9.96. The Labute approximate surface area is 172 Å². The standard InChI is InChI=1S/C23H29N5O/c29-23(21-9-5-13-28(19-21)22-18-24-10-11-25-22)27-16-14-26(15-17-27)12-4-8-20-6-2-1-3-7-20/h1-4,6-8,10-11,18,21H,5,9,12-17,19H2/b8-4+. The van der Waals surface area contributed by atoms with Crippen LogP contribution in [-0.2, 0) is 4.79 Å². The highest BCUT2D eigenvalue weighted by molar-refractivity contribution is 5.80. The molecule has 2 aliphatic heterocycles. The van der Waals surface area contributed by atoms with Crippen molar-refractivity contribution in [1.82, 2.24) is 19.8 Å². The Hall–Kier alpha value is -2.73. The van der Waals surface area contributed by atoms with Crippen LogP contribution in [0.5, 0.6) is 0 Å². The summed E-state index contributed by atoms with van der Waals surface area (Å²) in [5.41, 5.74) is 1.23. The maximum absolute atomic E-state index is 13.1. The quantitative estimate of drug-likeness (QED) is 0.784. The van der Waals surface area contributed by atoms with Crippen molar-refractivity contribution in [2.45, 2.75) is 12.8 Å². The zero-order valence-electron chi connectivity index (χ0n) is 16.9. The number of amides is 1. The van der Waals surface area contributed by atoms with Crippen molar-refractivity contribution in [3.05, 3.63) is 60.6 Å². The fourth-order valence-electron chi connectivity index (χ4n) is 4.15. The Morgan fingerprint density at radius 2 is 1.90 bits per heavy atom. The fourth-order valence-corrected chi connectivity index (χ4v) is 4.15. The second kappa shape index (κ2) is 9.65. The first-order valence-corrected chi connectivity index (χ1v) is 10.5. The normalized spacial score (nSPS) is 20.9. The minimum atomic E-state index is 0.0651. The number of rotatable bonds is 5. The largest absolute Gasteiger partial charge is 0.355 e. The van der Waals surface area contributed by atoms with Gasteiger partial charge >= 0.3 is 0 Å². The van der Waals surface area contributed by atoms with Gasteiger partial charge in [-0.1, -0.05) is 42.5 Å². The van der Waals surface area contributed by atoms with E-state index in [1.54, 1.807) is 18.6 Å². The number of carbonyl (C=O) groups excluding carboxylic acids is 1. The molecule has 2 aromatic rings. The van der Waals surface area contributed by atoms with Crippen LogP contribution in [0.15, 0.2) is 55.0 Å². The molecular formula is C23H29N5O. The maximum atomic E-state index is 13.1. The summed E-state index contributed by atoms with van der Waals surface area (Å²) in [4.78, 5) is 28.3. The average molecular weight is 392 g/mol. The van der Waals surface area contributed by atoms with E-state index in [2.05, 4.69) is 61.1 Å². The van der Waals surface area contributed by atoms with Gasteiger partial charge in [0.05, 0.1) is 12.1 Å². The summed E-state index contributed by atoms with van der Waals surface area (Å²) < 4.78 is 0. The molecule has 0 saturated carbocycles. The van der Waals surface area contributed by atoms with Gasteiger partial charge in [-0.25, -0.2) is 4.98 Å². The average Bonchev–Trinajstić information content (AvgIpc) is 2.80. The number of hydrogen-bond donors (Lipinski definition) is 0. The van der Waals surface area contributed by atoms with Gasteiger partial charge in [-0.3, -0.25) is 14.7 Å². The molecule has 29 heavy (non-hydrogen) atoms. The number of aromatic nitrogens is 2. The highest BCUT2D eigenvalue weighted by atomic mass is 16.2. The van der Waals surface area contributed by atoms with E-state index in [-0.39, 0.29) is 5.92 Å². The summed E-state index contributed by atoms with van der Waals surface area (Å²) in [6.07, 6.45) is 11.6. The summed E-state index contributed by atoms with van der Waals surface area (Å²) in [5, 5.41) is 0. The molecular weight excluding hydrogens is 362 g/mol. The van der Waals surface area contributed by atoms with Crippen LogP contribution >= 0.6 is 0 Å². The minimum absolute atomic E-state index is 0.0651. The molecule has 6 nitrogen and oxygen atoms in total. The number of anilines is 1. The molecule has 0 bridgehead atoms. The third-order valence-corrected chi connectivity index (χ3v) is 5.80. The van der Waals surface area contributed by atoms with Crippen LogP contribution < -0.4 is 4.90 Å². The molecule has 0 radical (unpaired) electrons. The molecule has 2 saturated heterocycles. The lowest BCUT2D eigenvalue weighted by molar-refractivity contribution is -0.137. The number of hydrogen-bond acceptors (Lipinski definition) is 5. The number of piperazine rings is 1. The molecule has 0 aliphatic carbocycles. The Morgan fingerprint density at radius 3 is 2.66 bits per heavy atom. The predicted molar refractivity (Wildman–Crippen MR) is 115 cm³/mol. The third-order valence-electron chi connectivity index (χ3n) is 5.80. The van der Waals surface area contributed by atoms with Crippen molar-refractivity contribution < 1.29 is 4.79 Å². The van der Waals surface area contributed by atoms with Crippen molar-refractivity contribution >= 4 is 17.8 Å². The van der Waals surface area contributed by atoms with Crippen LogP contribution in [0.1, 0.15) is 18.4 Å². The molecule has 1 unspecified atom stereocenters. The number of piperidine rings is 1. The molecule has 0 N–H and O–H groups in total. The van der Waals surface area contributed by atoms with Crippen molar-refractivity contribution in [2.24, 2.45) is 5.92 Å². The third kappa shape index (κ3) is 5.21. The Morgan fingerprint density at radius 1 is 1.07 bits per heavy atom. The summed E-state index contributed by atoms with van der Waals surface area (Å²) in [5.74, 6) is 1.24. The van der Waals surface area contributed by atoms with E-state index in [9.17, 15) is 4.79 Å². The van der Waals surface area contributed by atoms with Gasteiger partial charge in [-0.15, -0.1) is 0 Å². The molecule has 2 fully saturated rings. The van der Waals surface area contributed by atoms with Gasteiger partial charge in [0.25, 0.3) is 0 Å². The van der Waals surface area contributed by atoms with Crippen LogP contribution in [0.4, 0.5) is 5.82 Å². The van der Waals surface area contributed by atoms with Gasteiger partial charge < -0.3 is 9.80 Å². The topological polar surface area (TPSA) is 52.6 Å². The van der Waals surface area contributed by atoms with E-state index >= 15 is 0 Å². The van der Waals surface area contributed by atoms with E-state index in [1.807, 2.05) is 6.07 Å². The lowest BCUT2D eigenvalue weighted by Gasteiger charge is -2.39. The second-order valence-electron chi connectivity index (χ2n) is 7.79. The Bertz CT molecular complexity index is 803. The van der Waals surface area contributed by atoms with Gasteiger partial charge in [-0.05, 0) is 18.4 Å². The van der Waals surface area contributed by atoms with E-state index in [0.717, 1.165) is 64.5 Å². The van der Waals surface area contributed by atoms with Crippen LogP contribution in [0.3, 0.4) is 0 Å². The SMILES string of the molecule is O=C(C1CCCN(c2cnccn2)C1)N1CCN(C/C=C/c2ccccc2)CC1. The zero-order valence-corrected chi connectivity index (χ0v) is 16.9. The number of nitrogens with zero attached hydrogens (tertiary/aromatic N) is 5. The van der Waals surface area contributed by atoms with E-state index in [0.29, 0.717) is 5.91 Å². The Kier molecular flexibility index (Phi) is 6.52. The predicted octanol–water partition coefficient (Wildman–Crippen LogP) is 2.55. The molecule has 152 valence electrons. The molecule has 1 atom stereocenters. The molecule has 1 aromatic carbocycles. The fraction of sp³-hybridized carbons (Fsp3) is 0.435. The molecule has 1 amide bonds. The monoisotopic (exact) mass is 391 g/mol. The summed E-state index contributed by atoms with van der Waals surface area (Å²) in [7, 11) is 0. The maximum Gasteiger partial charge on any atom is 0.227 e. The van der Waals surface area contributed by atoms with Crippen LogP contribution in [0.25, 0.3) is 6.08 Å². The molecule has 3 heterocycles. The zero-order chi connectivity index (χ0) is 19.9. The van der Waals surface area contributed by atoms with Gasteiger partial charge in [0.15, 0.2) is 0 Å². The lowest BCUT2D eigenvalue weighted by Crippen LogP contribution is -2.52. The first-order chi connectivity index (χ1) is 14.3. The second-order valence-corrected chi connectivity index (χ2v) is 7.79. The number of benzene rings is 1. The first-order valence-electron chi connectivity index (χ1n) is 10.5. The van der Waals surface area contributed by atoms with E-state index in [4.69, 9.17) is 0 Å². The molecule has 6 heteroatoms. The summed E-state index contributed by atoms with van der Waals surface area (Å²) in [6.45, 7) is 6.14. The summed E-state index contributed by atoms with van der Waals surface area (Å²) in [6, 6.07) is 10.4.